The molecule has 1 heterocycles. The summed E-state index contributed by atoms with van der Waals surface area (Å²) in [5.41, 5.74) is 1.95. The van der Waals surface area contributed by atoms with Gasteiger partial charge in [-0.15, -0.1) is 0 Å². The van der Waals surface area contributed by atoms with Crippen LogP contribution in [0.1, 0.15) is 11.1 Å². The van der Waals surface area contributed by atoms with E-state index in [1.54, 1.807) is 18.5 Å². The number of rotatable bonds is 5. The topological polar surface area (TPSA) is 71.4 Å². The zero-order valence-electron chi connectivity index (χ0n) is 13.0. The van der Waals surface area contributed by atoms with Crippen molar-refractivity contribution < 1.29 is 8.42 Å². The Balaban J connectivity index is 1.98. The zero-order valence-corrected chi connectivity index (χ0v) is 14.6. The van der Waals surface area contributed by atoms with E-state index in [9.17, 15) is 8.42 Å². The number of halogens is 1. The molecule has 0 spiro atoms. The van der Waals surface area contributed by atoms with E-state index < -0.39 is 10.0 Å². The second kappa shape index (κ2) is 7.46. The van der Waals surface area contributed by atoms with Crippen LogP contribution in [-0.4, -0.2) is 19.1 Å². The highest BCUT2D eigenvalue weighted by Gasteiger charge is 2.14. The van der Waals surface area contributed by atoms with Crippen LogP contribution >= 0.6 is 11.6 Å². The van der Waals surface area contributed by atoms with Crippen LogP contribution in [0.4, 0.5) is 0 Å². The number of nitrogens with one attached hydrogen (secondary N) is 1. The van der Waals surface area contributed by atoms with Crippen molar-refractivity contribution in [1.82, 2.24) is 9.82 Å². The van der Waals surface area contributed by atoms with Gasteiger partial charge in [0.1, 0.15) is 5.71 Å². The Morgan fingerprint density at radius 3 is 2.24 bits per heavy atom. The number of sulfonamides is 1. The van der Waals surface area contributed by atoms with Crippen molar-refractivity contribution in [3.63, 3.8) is 0 Å². The summed E-state index contributed by atoms with van der Waals surface area (Å²) in [6.45, 7) is 0. The Morgan fingerprint density at radius 1 is 0.920 bits per heavy atom. The average Bonchev–Trinajstić information content (AvgIpc) is 2.64. The van der Waals surface area contributed by atoms with Crippen LogP contribution in [-0.2, 0) is 10.0 Å². The highest BCUT2D eigenvalue weighted by molar-refractivity contribution is 7.89. The first-order valence-corrected chi connectivity index (χ1v) is 9.23. The molecule has 1 N–H and O–H groups in total. The van der Waals surface area contributed by atoms with Crippen molar-refractivity contribution in [2.24, 2.45) is 5.10 Å². The van der Waals surface area contributed by atoms with Gasteiger partial charge in [0.05, 0.1) is 4.90 Å². The summed E-state index contributed by atoms with van der Waals surface area (Å²) in [7, 11) is -3.80. The molecule has 3 aromatic rings. The minimum atomic E-state index is -3.80. The molecule has 1 aromatic heterocycles. The van der Waals surface area contributed by atoms with Gasteiger partial charge in [-0.2, -0.15) is 18.4 Å². The van der Waals surface area contributed by atoms with E-state index in [2.05, 4.69) is 14.9 Å². The molecule has 126 valence electrons. The molecule has 0 aliphatic heterocycles. The summed E-state index contributed by atoms with van der Waals surface area (Å²) >= 11 is 5.80. The summed E-state index contributed by atoms with van der Waals surface area (Å²) < 4.78 is 24.9. The molecule has 0 bridgehead atoms. The lowest BCUT2D eigenvalue weighted by molar-refractivity contribution is 0.584. The fourth-order valence-electron chi connectivity index (χ4n) is 2.17. The molecular formula is C18H14ClN3O2S. The molecule has 25 heavy (non-hydrogen) atoms. The Labute approximate surface area is 151 Å². The molecule has 3 rings (SSSR count). The first-order chi connectivity index (χ1) is 12.1. The van der Waals surface area contributed by atoms with E-state index in [1.165, 1.54) is 24.3 Å². The van der Waals surface area contributed by atoms with Crippen LogP contribution in [0.25, 0.3) is 0 Å². The van der Waals surface area contributed by atoms with E-state index in [-0.39, 0.29) is 4.90 Å². The van der Waals surface area contributed by atoms with Gasteiger partial charge < -0.3 is 0 Å². The first kappa shape index (κ1) is 17.1. The monoisotopic (exact) mass is 371 g/mol. The van der Waals surface area contributed by atoms with E-state index in [1.807, 2.05) is 36.4 Å². The van der Waals surface area contributed by atoms with Gasteiger partial charge in [-0.25, -0.2) is 0 Å². The van der Waals surface area contributed by atoms with Gasteiger partial charge in [-0.1, -0.05) is 41.9 Å². The average molecular weight is 372 g/mol. The largest absolute Gasteiger partial charge is 0.276 e. The first-order valence-electron chi connectivity index (χ1n) is 7.37. The van der Waals surface area contributed by atoms with Gasteiger partial charge in [0.2, 0.25) is 0 Å². The van der Waals surface area contributed by atoms with Crippen LogP contribution < -0.4 is 4.83 Å². The van der Waals surface area contributed by atoms with Crippen molar-refractivity contribution in [1.29, 1.82) is 0 Å². The van der Waals surface area contributed by atoms with Crippen LogP contribution in [0.15, 0.2) is 89.1 Å². The second-order valence-corrected chi connectivity index (χ2v) is 7.21. The lowest BCUT2D eigenvalue weighted by Crippen LogP contribution is -2.21. The third-order valence-corrected chi connectivity index (χ3v) is 4.86. The quantitative estimate of drug-likeness (QED) is 0.551. The number of pyridine rings is 1. The zero-order chi connectivity index (χ0) is 17.7. The van der Waals surface area contributed by atoms with E-state index in [0.717, 1.165) is 5.56 Å². The maximum atomic E-state index is 12.4. The van der Waals surface area contributed by atoms with E-state index in [0.29, 0.717) is 16.3 Å². The highest BCUT2D eigenvalue weighted by Crippen LogP contribution is 2.15. The number of benzene rings is 2. The number of hydrogen-bond donors (Lipinski definition) is 1. The molecule has 0 unspecified atom stereocenters. The Bertz CT molecular complexity index is 932. The van der Waals surface area contributed by atoms with Crippen LogP contribution in [0, 0.1) is 0 Å². The molecule has 0 atom stereocenters. The predicted octanol–water partition coefficient (Wildman–Crippen LogP) is 3.47. The number of nitrogens with zero attached hydrogens (tertiary/aromatic N) is 2. The molecule has 2 aromatic carbocycles. The van der Waals surface area contributed by atoms with Crippen LogP contribution in [0.5, 0.6) is 0 Å². The molecule has 0 aliphatic rings. The Morgan fingerprint density at radius 2 is 1.60 bits per heavy atom. The fourth-order valence-corrected chi connectivity index (χ4v) is 3.10. The lowest BCUT2D eigenvalue weighted by Gasteiger charge is -2.09. The van der Waals surface area contributed by atoms with Gasteiger partial charge in [0.15, 0.2) is 0 Å². The molecule has 0 fully saturated rings. The predicted molar refractivity (Wildman–Crippen MR) is 98.1 cm³/mol. The van der Waals surface area contributed by atoms with Crippen molar-refractivity contribution in [3.8, 4) is 0 Å². The summed E-state index contributed by atoms with van der Waals surface area (Å²) in [5.74, 6) is 0. The third-order valence-electron chi connectivity index (χ3n) is 3.38. The van der Waals surface area contributed by atoms with Gasteiger partial charge in [-0.3, -0.25) is 4.98 Å². The number of hydrogen-bond acceptors (Lipinski definition) is 4. The summed E-state index contributed by atoms with van der Waals surface area (Å²) in [4.78, 5) is 6.43. The molecule has 0 saturated carbocycles. The van der Waals surface area contributed by atoms with Gasteiger partial charge in [0.25, 0.3) is 10.0 Å². The van der Waals surface area contributed by atoms with Crippen molar-refractivity contribution in [2.45, 2.75) is 4.90 Å². The summed E-state index contributed by atoms with van der Waals surface area (Å²) in [5, 5.41) is 4.60. The normalized spacial score (nSPS) is 12.0. The fraction of sp³-hybridized carbons (Fsp3) is 0. The van der Waals surface area contributed by atoms with Crippen molar-refractivity contribution in [2.75, 3.05) is 0 Å². The van der Waals surface area contributed by atoms with Crippen LogP contribution in [0.3, 0.4) is 0 Å². The van der Waals surface area contributed by atoms with Crippen LogP contribution in [0.2, 0.25) is 5.02 Å². The molecular weight excluding hydrogens is 358 g/mol. The molecule has 7 heteroatoms. The van der Waals surface area contributed by atoms with E-state index >= 15 is 0 Å². The van der Waals surface area contributed by atoms with E-state index in [4.69, 9.17) is 11.6 Å². The third kappa shape index (κ3) is 4.23. The van der Waals surface area contributed by atoms with Gasteiger partial charge >= 0.3 is 0 Å². The molecule has 0 radical (unpaired) electrons. The lowest BCUT2D eigenvalue weighted by atomic mass is 10.0. The van der Waals surface area contributed by atoms with Crippen molar-refractivity contribution >= 4 is 27.3 Å². The molecule has 0 amide bonds. The standard InChI is InChI=1S/C18H14ClN3O2S/c19-16-8-10-17(11-9-16)25(23,24)22-21-18(14-5-2-1-3-6-14)15-7-4-12-20-13-15/h1-13,22H. The maximum Gasteiger partial charge on any atom is 0.276 e. The minimum Gasteiger partial charge on any atom is -0.264 e. The second-order valence-electron chi connectivity index (χ2n) is 5.12. The molecule has 0 aliphatic carbocycles. The summed E-state index contributed by atoms with van der Waals surface area (Å²) in [6, 6.07) is 18.7. The Hall–Kier alpha value is -2.70. The number of hydrazone groups is 1. The maximum absolute atomic E-state index is 12.4. The van der Waals surface area contributed by atoms with Gasteiger partial charge in [-0.05, 0) is 36.4 Å². The minimum absolute atomic E-state index is 0.0826. The summed E-state index contributed by atoms with van der Waals surface area (Å²) in [6.07, 6.45) is 3.27. The van der Waals surface area contributed by atoms with Gasteiger partial charge in [0, 0.05) is 28.5 Å². The Kier molecular flexibility index (Phi) is 5.11. The molecule has 5 nitrogen and oxygen atoms in total. The number of aromatic nitrogens is 1. The highest BCUT2D eigenvalue weighted by atomic mass is 35.5. The smallest absolute Gasteiger partial charge is 0.264 e. The van der Waals surface area contributed by atoms with Crippen molar-refractivity contribution in [3.05, 3.63) is 95.3 Å². The SMILES string of the molecule is O=S(=O)(NN=C(c1ccccc1)c1cccnc1)c1ccc(Cl)cc1. The molecule has 0 saturated heterocycles.